The van der Waals surface area contributed by atoms with Crippen molar-refractivity contribution in [2.75, 3.05) is 64.2 Å². The van der Waals surface area contributed by atoms with E-state index in [9.17, 15) is 0 Å². The molecule has 0 aliphatic carbocycles. The van der Waals surface area contributed by atoms with E-state index in [0.29, 0.717) is 6.54 Å². The van der Waals surface area contributed by atoms with Crippen molar-refractivity contribution in [1.82, 2.24) is 0 Å². The summed E-state index contributed by atoms with van der Waals surface area (Å²) in [5.41, 5.74) is 6.06. The molecule has 0 amide bonds. The minimum Gasteiger partial charge on any atom is -0.374 e. The Balaban J connectivity index is 4.58. The largest absolute Gasteiger partial charge is 0.374 e. The molecule has 0 saturated carbocycles. The van der Waals surface area contributed by atoms with Crippen molar-refractivity contribution in [2.45, 2.75) is 97.7 Å². The Morgan fingerprint density at radius 1 is 0.606 bits per heavy atom. The molecular formula is C25H55NO5P2. The second kappa shape index (κ2) is 24.3. The first-order valence-electron chi connectivity index (χ1n) is 13.3. The zero-order valence-corrected chi connectivity index (χ0v) is 24.3. The molecule has 8 heteroatoms. The normalized spacial score (nSPS) is 14.5. The number of hydrogen-bond donors (Lipinski definition) is 1. The van der Waals surface area contributed by atoms with Crippen LogP contribution in [0.1, 0.15) is 79.6 Å². The first-order chi connectivity index (χ1) is 16.1. The number of ether oxygens (including phenoxy) is 5. The van der Waals surface area contributed by atoms with Gasteiger partial charge in [-0.1, -0.05) is 34.6 Å². The minimum atomic E-state index is -0.218. The van der Waals surface area contributed by atoms with E-state index in [2.05, 4.69) is 34.6 Å². The minimum absolute atomic E-state index is 0.0725. The van der Waals surface area contributed by atoms with Crippen molar-refractivity contribution < 1.29 is 23.7 Å². The van der Waals surface area contributed by atoms with Gasteiger partial charge in [0.1, 0.15) is 0 Å². The van der Waals surface area contributed by atoms with Crippen molar-refractivity contribution in [3.05, 3.63) is 0 Å². The Bertz CT molecular complexity index is 363. The summed E-state index contributed by atoms with van der Waals surface area (Å²) in [6, 6.07) is 0. The van der Waals surface area contributed by atoms with E-state index in [1.807, 2.05) is 0 Å². The molecule has 0 aromatic carbocycles. The second-order valence-corrected chi connectivity index (χ2v) is 11.3. The van der Waals surface area contributed by atoms with Crippen LogP contribution in [0.2, 0.25) is 0 Å². The highest BCUT2D eigenvalue weighted by Crippen LogP contribution is 2.29. The van der Waals surface area contributed by atoms with E-state index in [0.717, 1.165) is 120 Å². The second-order valence-electron chi connectivity index (χ2n) is 8.49. The van der Waals surface area contributed by atoms with Gasteiger partial charge in [-0.15, -0.1) is 17.2 Å². The Labute approximate surface area is 208 Å². The first-order valence-corrected chi connectivity index (χ1v) is 16.2. The van der Waals surface area contributed by atoms with Gasteiger partial charge in [0, 0.05) is 51.9 Å². The van der Waals surface area contributed by atoms with Crippen LogP contribution in [-0.4, -0.2) is 82.4 Å². The molecule has 6 nitrogen and oxygen atoms in total. The van der Waals surface area contributed by atoms with Gasteiger partial charge in [0.05, 0.1) is 5.60 Å². The molecule has 0 aromatic rings. The molecule has 0 spiro atoms. The molecule has 0 heterocycles. The zero-order chi connectivity index (χ0) is 24.6. The van der Waals surface area contributed by atoms with Gasteiger partial charge >= 0.3 is 0 Å². The molecule has 0 aromatic heterocycles. The summed E-state index contributed by atoms with van der Waals surface area (Å²) < 4.78 is 29.9. The summed E-state index contributed by atoms with van der Waals surface area (Å²) in [4.78, 5) is 0. The van der Waals surface area contributed by atoms with E-state index in [1.165, 1.54) is 0 Å². The van der Waals surface area contributed by atoms with Crippen molar-refractivity contribution >= 4 is 17.2 Å². The van der Waals surface area contributed by atoms with Gasteiger partial charge in [0.25, 0.3) is 0 Å². The summed E-state index contributed by atoms with van der Waals surface area (Å²) >= 11 is 0. The van der Waals surface area contributed by atoms with Crippen LogP contribution >= 0.6 is 17.2 Å². The van der Waals surface area contributed by atoms with Crippen LogP contribution in [-0.2, 0) is 23.7 Å². The fourth-order valence-electron chi connectivity index (χ4n) is 3.25. The molecule has 0 aliphatic heterocycles. The fraction of sp³-hybridized carbons (Fsp3) is 1.00. The van der Waals surface area contributed by atoms with Crippen LogP contribution in [0, 0.1) is 0 Å². The van der Waals surface area contributed by atoms with Crippen LogP contribution in [0.25, 0.3) is 0 Å². The zero-order valence-electron chi connectivity index (χ0n) is 22.3. The van der Waals surface area contributed by atoms with Crippen LogP contribution in [0.3, 0.4) is 0 Å². The summed E-state index contributed by atoms with van der Waals surface area (Å²) in [5, 5.41) is 0. The Hall–Kier alpha value is 0.620. The standard InChI is InChI=1S/C25H55NO5P2/c1-6-13-27-23(28-14-7-2)20-32-18-11-25(22-26,31-17-10-5)12-19-33-21-24(29-15-8-3)30-16-9-4/h23-24,32-33H,6-22,26H2,1-5H3. The summed E-state index contributed by atoms with van der Waals surface area (Å²) in [5.74, 6) is 0. The van der Waals surface area contributed by atoms with E-state index in [1.54, 1.807) is 0 Å². The van der Waals surface area contributed by atoms with Gasteiger partial charge in [-0.3, -0.25) is 0 Å². The lowest BCUT2D eigenvalue weighted by Crippen LogP contribution is -2.42. The summed E-state index contributed by atoms with van der Waals surface area (Å²) in [6.45, 7) is 15.1. The maximum absolute atomic E-state index is 6.36. The topological polar surface area (TPSA) is 72.2 Å². The predicted molar refractivity (Wildman–Crippen MR) is 146 cm³/mol. The molecule has 0 aliphatic rings. The quantitative estimate of drug-likeness (QED) is 0.0925. The average Bonchev–Trinajstić information content (AvgIpc) is 2.84. The maximum Gasteiger partial charge on any atom is 0.161 e. The number of nitrogens with two attached hydrogens (primary N) is 1. The molecule has 2 unspecified atom stereocenters. The molecule has 0 fully saturated rings. The lowest BCUT2D eigenvalue weighted by Gasteiger charge is -2.33. The lowest BCUT2D eigenvalue weighted by atomic mass is 9.97. The monoisotopic (exact) mass is 511 g/mol. The van der Waals surface area contributed by atoms with Crippen LogP contribution in [0.15, 0.2) is 0 Å². The van der Waals surface area contributed by atoms with Crippen LogP contribution < -0.4 is 5.73 Å². The molecular weight excluding hydrogens is 456 g/mol. The third-order valence-electron chi connectivity index (χ3n) is 5.15. The van der Waals surface area contributed by atoms with Crippen molar-refractivity contribution in [2.24, 2.45) is 5.73 Å². The van der Waals surface area contributed by atoms with Crippen LogP contribution in [0.5, 0.6) is 0 Å². The highest BCUT2D eigenvalue weighted by atomic mass is 31.1. The molecule has 2 N–H and O–H groups in total. The Morgan fingerprint density at radius 3 is 1.27 bits per heavy atom. The van der Waals surface area contributed by atoms with E-state index >= 15 is 0 Å². The first kappa shape index (κ1) is 33.6. The number of hydrogen-bond acceptors (Lipinski definition) is 6. The van der Waals surface area contributed by atoms with Gasteiger partial charge in [0.2, 0.25) is 0 Å². The van der Waals surface area contributed by atoms with Gasteiger partial charge in [-0.25, -0.2) is 0 Å². The highest BCUT2D eigenvalue weighted by Gasteiger charge is 2.28. The Kier molecular flexibility index (Phi) is 24.8. The molecule has 0 bridgehead atoms. The van der Waals surface area contributed by atoms with E-state index in [-0.39, 0.29) is 18.2 Å². The molecule has 200 valence electrons. The third kappa shape index (κ3) is 18.5. The van der Waals surface area contributed by atoms with Crippen LogP contribution in [0.4, 0.5) is 0 Å². The van der Waals surface area contributed by atoms with Gasteiger partial charge in [-0.05, 0) is 57.3 Å². The van der Waals surface area contributed by atoms with E-state index < -0.39 is 0 Å². The number of rotatable bonds is 26. The fourth-order valence-corrected chi connectivity index (χ4v) is 5.87. The summed E-state index contributed by atoms with van der Waals surface area (Å²) in [7, 11) is 1.59. The van der Waals surface area contributed by atoms with E-state index in [4.69, 9.17) is 29.4 Å². The Morgan fingerprint density at radius 2 is 0.970 bits per heavy atom. The molecule has 33 heavy (non-hydrogen) atoms. The van der Waals surface area contributed by atoms with Crippen molar-refractivity contribution in [3.8, 4) is 0 Å². The van der Waals surface area contributed by atoms with Crippen molar-refractivity contribution in [1.29, 1.82) is 0 Å². The molecule has 0 saturated heterocycles. The molecule has 0 rings (SSSR count). The molecule has 2 atom stereocenters. The predicted octanol–water partition coefficient (Wildman–Crippen LogP) is 5.61. The van der Waals surface area contributed by atoms with Crippen molar-refractivity contribution in [3.63, 3.8) is 0 Å². The molecule has 0 radical (unpaired) electrons. The van der Waals surface area contributed by atoms with Gasteiger partial charge in [0.15, 0.2) is 12.6 Å². The smallest absolute Gasteiger partial charge is 0.161 e. The maximum atomic E-state index is 6.36. The van der Waals surface area contributed by atoms with Gasteiger partial charge < -0.3 is 29.4 Å². The summed E-state index contributed by atoms with van der Waals surface area (Å²) in [6.07, 6.45) is 11.1. The lowest BCUT2D eigenvalue weighted by molar-refractivity contribution is -0.127. The SMILES string of the molecule is CCCOC(CPCCC(CN)(CCPCC(OCCC)OCCC)OCCC)OCCC. The van der Waals surface area contributed by atoms with Gasteiger partial charge in [-0.2, -0.15) is 0 Å². The highest BCUT2D eigenvalue weighted by molar-refractivity contribution is 7.38. The average molecular weight is 512 g/mol. The third-order valence-corrected chi connectivity index (χ3v) is 7.60.